The molecule has 10 aromatic rings. The molecular weight excluding hydrogens is 647 g/mol. The van der Waals surface area contributed by atoms with Crippen molar-refractivity contribution >= 4 is 32.7 Å². The molecule has 0 fully saturated rings. The number of hydrogen-bond acceptors (Lipinski definition) is 4. The fourth-order valence-electron chi connectivity index (χ4n) is 7.25. The molecule has 0 amide bonds. The first-order valence-electron chi connectivity index (χ1n) is 17.8. The van der Waals surface area contributed by atoms with Crippen LogP contribution in [-0.2, 0) is 0 Å². The highest BCUT2D eigenvalue weighted by Crippen LogP contribution is 2.42. The maximum atomic E-state index is 6.76. The van der Waals surface area contributed by atoms with Gasteiger partial charge in [-0.2, -0.15) is 0 Å². The van der Waals surface area contributed by atoms with E-state index in [4.69, 9.17) is 19.4 Å². The predicted octanol–water partition coefficient (Wildman–Crippen LogP) is 12.9. The van der Waals surface area contributed by atoms with Crippen LogP contribution in [0.1, 0.15) is 0 Å². The molecule has 0 atom stereocenters. The highest BCUT2D eigenvalue weighted by atomic mass is 16.3. The Bertz CT molecular complexity index is 2800. The Morgan fingerprint density at radius 1 is 0.321 bits per heavy atom. The van der Waals surface area contributed by atoms with Gasteiger partial charge < -0.3 is 4.42 Å². The second-order valence-corrected chi connectivity index (χ2v) is 13.2. The molecule has 53 heavy (non-hydrogen) atoms. The molecule has 0 aliphatic heterocycles. The minimum Gasteiger partial charge on any atom is -0.455 e. The molecule has 2 aromatic heterocycles. The van der Waals surface area contributed by atoms with Gasteiger partial charge in [-0.1, -0.05) is 170 Å². The second kappa shape index (κ2) is 12.9. The van der Waals surface area contributed by atoms with Gasteiger partial charge in [-0.3, -0.25) is 0 Å². The molecule has 0 N–H and O–H groups in total. The molecule has 2 heterocycles. The monoisotopic (exact) mass is 677 g/mol. The zero-order valence-corrected chi connectivity index (χ0v) is 28.6. The van der Waals surface area contributed by atoms with Gasteiger partial charge in [0.2, 0.25) is 0 Å². The molecule has 4 nitrogen and oxygen atoms in total. The number of aromatic nitrogens is 3. The highest BCUT2D eigenvalue weighted by Gasteiger charge is 2.21. The molecule has 8 aromatic carbocycles. The number of nitrogens with zero attached hydrogens (tertiary/aromatic N) is 3. The van der Waals surface area contributed by atoms with Crippen LogP contribution in [0.5, 0.6) is 0 Å². The van der Waals surface area contributed by atoms with Gasteiger partial charge in [0.15, 0.2) is 17.5 Å². The van der Waals surface area contributed by atoms with Crippen LogP contribution in [0.3, 0.4) is 0 Å². The summed E-state index contributed by atoms with van der Waals surface area (Å²) in [5, 5.41) is 4.21. The number of benzene rings is 8. The zero-order chi connectivity index (χ0) is 35.1. The van der Waals surface area contributed by atoms with Crippen LogP contribution in [-0.4, -0.2) is 15.0 Å². The minimum absolute atomic E-state index is 0.586. The van der Waals surface area contributed by atoms with Crippen molar-refractivity contribution in [2.45, 2.75) is 0 Å². The average molecular weight is 678 g/mol. The Kier molecular flexibility index (Phi) is 7.43. The number of furan rings is 1. The zero-order valence-electron chi connectivity index (χ0n) is 28.6. The van der Waals surface area contributed by atoms with E-state index < -0.39 is 0 Å². The van der Waals surface area contributed by atoms with Crippen molar-refractivity contribution in [1.29, 1.82) is 0 Å². The Balaban J connectivity index is 1.21. The van der Waals surface area contributed by atoms with Crippen molar-refractivity contribution in [2.75, 3.05) is 0 Å². The Hall–Kier alpha value is -7.17. The Morgan fingerprint density at radius 3 is 1.34 bits per heavy atom. The topological polar surface area (TPSA) is 51.8 Å². The van der Waals surface area contributed by atoms with Gasteiger partial charge in [0, 0.05) is 32.8 Å². The molecule has 0 spiro atoms. The minimum atomic E-state index is 0.586. The smallest absolute Gasteiger partial charge is 0.164 e. The van der Waals surface area contributed by atoms with E-state index in [-0.39, 0.29) is 0 Å². The van der Waals surface area contributed by atoms with Crippen molar-refractivity contribution in [1.82, 2.24) is 15.0 Å². The summed E-state index contributed by atoms with van der Waals surface area (Å²) >= 11 is 0. The summed E-state index contributed by atoms with van der Waals surface area (Å²) < 4.78 is 6.76. The SMILES string of the molecule is c1ccc(-c2ccc(-c3nc(-c4ccc(-c5ccccc5)cc4)nc(-c4cc(-c5ccccc5)cc5oc6c7ccccc7ccc6c45)n3)cc2)cc1. The van der Waals surface area contributed by atoms with Crippen LogP contribution in [0.4, 0.5) is 0 Å². The lowest BCUT2D eigenvalue weighted by molar-refractivity contribution is 0.673. The van der Waals surface area contributed by atoms with Crippen molar-refractivity contribution in [3.63, 3.8) is 0 Å². The lowest BCUT2D eigenvalue weighted by atomic mass is 9.97. The molecule has 0 saturated carbocycles. The van der Waals surface area contributed by atoms with E-state index >= 15 is 0 Å². The van der Waals surface area contributed by atoms with Crippen molar-refractivity contribution in [3.8, 4) is 67.5 Å². The summed E-state index contributed by atoms with van der Waals surface area (Å²) in [6.45, 7) is 0. The van der Waals surface area contributed by atoms with Crippen LogP contribution in [0, 0.1) is 0 Å². The van der Waals surface area contributed by atoms with Crippen LogP contribution < -0.4 is 0 Å². The fraction of sp³-hybridized carbons (Fsp3) is 0. The van der Waals surface area contributed by atoms with Gasteiger partial charge in [0.25, 0.3) is 0 Å². The molecule has 0 radical (unpaired) electrons. The van der Waals surface area contributed by atoms with Crippen LogP contribution in [0.2, 0.25) is 0 Å². The lowest BCUT2D eigenvalue weighted by Gasteiger charge is -2.12. The number of hydrogen-bond donors (Lipinski definition) is 0. The average Bonchev–Trinajstić information content (AvgIpc) is 3.64. The van der Waals surface area contributed by atoms with E-state index in [0.717, 1.165) is 82.8 Å². The van der Waals surface area contributed by atoms with Gasteiger partial charge in [-0.25, -0.2) is 15.0 Å². The van der Waals surface area contributed by atoms with Crippen molar-refractivity contribution < 1.29 is 4.42 Å². The first-order valence-corrected chi connectivity index (χ1v) is 17.8. The Labute approximate surface area is 306 Å². The lowest BCUT2D eigenvalue weighted by Crippen LogP contribution is -2.01. The molecule has 4 heteroatoms. The number of rotatable bonds is 6. The van der Waals surface area contributed by atoms with E-state index in [1.54, 1.807) is 0 Å². The standard InChI is InChI=1S/C49H31N3O/c1-4-12-32(13-5-1)35-20-24-38(25-21-35)47-50-48(39-26-22-36(23-27-39)33-14-6-2-7-15-33)52-49(51-47)43-30-40(34-16-8-3-9-17-34)31-44-45(43)42-29-28-37-18-10-11-19-41(37)46(42)53-44/h1-31H. The van der Waals surface area contributed by atoms with Gasteiger partial charge >= 0.3 is 0 Å². The molecule has 0 aliphatic rings. The molecule has 0 bridgehead atoms. The summed E-state index contributed by atoms with van der Waals surface area (Å²) in [5.41, 5.74) is 11.1. The molecule has 0 saturated heterocycles. The van der Waals surface area contributed by atoms with E-state index in [2.05, 4.69) is 170 Å². The Morgan fingerprint density at radius 2 is 0.774 bits per heavy atom. The third-order valence-corrected chi connectivity index (χ3v) is 9.95. The summed E-state index contributed by atoms with van der Waals surface area (Å²) in [5.74, 6) is 1.80. The van der Waals surface area contributed by atoms with E-state index in [1.165, 1.54) is 0 Å². The molecular formula is C49H31N3O. The summed E-state index contributed by atoms with van der Waals surface area (Å²) in [4.78, 5) is 15.6. The maximum Gasteiger partial charge on any atom is 0.164 e. The second-order valence-electron chi connectivity index (χ2n) is 13.2. The quantitative estimate of drug-likeness (QED) is 0.176. The van der Waals surface area contributed by atoms with Gasteiger partial charge in [-0.15, -0.1) is 0 Å². The molecule has 0 aliphatic carbocycles. The van der Waals surface area contributed by atoms with E-state index in [0.29, 0.717) is 17.5 Å². The van der Waals surface area contributed by atoms with E-state index in [9.17, 15) is 0 Å². The summed E-state index contributed by atoms with van der Waals surface area (Å²) in [7, 11) is 0. The van der Waals surface area contributed by atoms with Gasteiger partial charge in [0.05, 0.1) is 0 Å². The first-order chi connectivity index (χ1) is 26.2. The van der Waals surface area contributed by atoms with Crippen LogP contribution in [0.15, 0.2) is 192 Å². The summed E-state index contributed by atoms with van der Waals surface area (Å²) in [6, 6.07) is 65.1. The molecule has 10 rings (SSSR count). The number of fused-ring (bicyclic) bond motifs is 5. The highest BCUT2D eigenvalue weighted by molar-refractivity contribution is 6.19. The normalized spacial score (nSPS) is 11.4. The third kappa shape index (κ3) is 5.63. The largest absolute Gasteiger partial charge is 0.455 e. The first kappa shape index (κ1) is 30.6. The summed E-state index contributed by atoms with van der Waals surface area (Å²) in [6.07, 6.45) is 0. The molecule has 0 unspecified atom stereocenters. The maximum absolute atomic E-state index is 6.76. The van der Waals surface area contributed by atoms with E-state index in [1.807, 2.05) is 18.2 Å². The van der Waals surface area contributed by atoms with Gasteiger partial charge in [-0.05, 0) is 57.0 Å². The predicted molar refractivity (Wildman–Crippen MR) is 217 cm³/mol. The molecule has 248 valence electrons. The van der Waals surface area contributed by atoms with Crippen molar-refractivity contribution in [3.05, 3.63) is 188 Å². The third-order valence-electron chi connectivity index (χ3n) is 9.95. The van der Waals surface area contributed by atoms with Gasteiger partial charge in [0.1, 0.15) is 11.2 Å². The van der Waals surface area contributed by atoms with Crippen molar-refractivity contribution in [2.24, 2.45) is 0 Å². The van der Waals surface area contributed by atoms with Crippen LogP contribution >= 0.6 is 0 Å². The fourth-order valence-corrected chi connectivity index (χ4v) is 7.25. The van der Waals surface area contributed by atoms with Crippen LogP contribution in [0.25, 0.3) is 100 Å².